The van der Waals surface area contributed by atoms with E-state index in [2.05, 4.69) is 5.32 Å². The number of nitro benzene ring substituents is 1. The highest BCUT2D eigenvalue weighted by atomic mass is 16.6. The summed E-state index contributed by atoms with van der Waals surface area (Å²) in [4.78, 5) is 34.8. The van der Waals surface area contributed by atoms with Crippen molar-refractivity contribution in [2.24, 2.45) is 0 Å². The fraction of sp³-hybridized carbons (Fsp3) is 0.467. The predicted octanol–water partition coefficient (Wildman–Crippen LogP) is 1.36. The van der Waals surface area contributed by atoms with Gasteiger partial charge in [0.1, 0.15) is 6.04 Å². The van der Waals surface area contributed by atoms with E-state index in [9.17, 15) is 19.7 Å². The lowest BCUT2D eigenvalue weighted by atomic mass is 10.1. The lowest BCUT2D eigenvalue weighted by molar-refractivity contribution is -0.804. The first-order chi connectivity index (χ1) is 10.1. The number of rotatable bonds is 3. The maximum atomic E-state index is 12.6. The van der Waals surface area contributed by atoms with Gasteiger partial charge < -0.3 is 0 Å². The van der Waals surface area contributed by atoms with Crippen LogP contribution in [0.4, 0.5) is 5.69 Å². The topological polar surface area (TPSA) is 89.3 Å². The SMILES string of the molecule is CC(=O)[N+]1(C)C(=O)C(Cc2ccc([N+](=O)[O-])cc2)NC1(C)C. The highest BCUT2D eigenvalue weighted by Crippen LogP contribution is 2.30. The molecule has 7 heteroatoms. The van der Waals surface area contributed by atoms with Crippen molar-refractivity contribution in [2.45, 2.75) is 38.9 Å². The van der Waals surface area contributed by atoms with Crippen LogP contribution in [0.3, 0.4) is 0 Å². The van der Waals surface area contributed by atoms with Gasteiger partial charge in [0.25, 0.3) is 5.69 Å². The number of nitrogens with one attached hydrogen (secondary N) is 1. The standard InChI is InChI=1S/C15H20N3O4/c1-10(19)18(4)14(20)13(16-15(18,2)3)9-11-5-7-12(8-6-11)17(21)22/h5-8,13,16H,9H2,1-4H3/q+1. The van der Waals surface area contributed by atoms with Crippen LogP contribution >= 0.6 is 0 Å². The Morgan fingerprint density at radius 3 is 2.32 bits per heavy atom. The zero-order valence-corrected chi connectivity index (χ0v) is 13.1. The average molecular weight is 306 g/mol. The van der Waals surface area contributed by atoms with E-state index in [1.165, 1.54) is 19.1 Å². The molecule has 1 aliphatic heterocycles. The van der Waals surface area contributed by atoms with Gasteiger partial charge in [-0.1, -0.05) is 12.1 Å². The minimum Gasteiger partial charge on any atom is -0.258 e. The molecular weight excluding hydrogens is 286 g/mol. The van der Waals surface area contributed by atoms with Crippen molar-refractivity contribution in [3.05, 3.63) is 39.9 Å². The summed E-state index contributed by atoms with van der Waals surface area (Å²) in [5, 5.41) is 13.9. The highest BCUT2D eigenvalue weighted by Gasteiger charge is 2.60. The second-order valence-corrected chi connectivity index (χ2v) is 6.25. The largest absolute Gasteiger partial charge is 0.339 e. The van der Waals surface area contributed by atoms with E-state index >= 15 is 0 Å². The summed E-state index contributed by atoms with van der Waals surface area (Å²) >= 11 is 0. The normalized spacial score (nSPS) is 26.9. The number of hydrogen-bond donors (Lipinski definition) is 1. The number of hydrogen-bond acceptors (Lipinski definition) is 5. The number of benzene rings is 1. The molecule has 7 nitrogen and oxygen atoms in total. The van der Waals surface area contributed by atoms with E-state index in [1.807, 2.05) is 13.8 Å². The van der Waals surface area contributed by atoms with Crippen molar-refractivity contribution in [1.82, 2.24) is 5.32 Å². The molecule has 1 saturated heterocycles. The molecule has 0 aliphatic carbocycles. The number of carbonyl (C=O) groups excluding carboxylic acids is 2. The number of quaternary nitrogens is 1. The molecule has 2 unspecified atom stereocenters. The maximum Gasteiger partial charge on any atom is 0.339 e. The number of nitro groups is 1. The average Bonchev–Trinajstić information content (AvgIpc) is 2.60. The lowest BCUT2D eigenvalue weighted by Crippen LogP contribution is -2.63. The maximum absolute atomic E-state index is 12.6. The summed E-state index contributed by atoms with van der Waals surface area (Å²) < 4.78 is -0.301. The van der Waals surface area contributed by atoms with Gasteiger partial charge in [0, 0.05) is 32.4 Å². The van der Waals surface area contributed by atoms with E-state index in [4.69, 9.17) is 0 Å². The molecule has 1 heterocycles. The number of amides is 2. The van der Waals surface area contributed by atoms with Gasteiger partial charge in [0.05, 0.1) is 18.9 Å². The van der Waals surface area contributed by atoms with E-state index in [-0.39, 0.29) is 22.0 Å². The molecule has 118 valence electrons. The number of likely N-dealkylation sites (N-methyl/N-ethyl adjacent to an activating group) is 1. The van der Waals surface area contributed by atoms with Crippen molar-refractivity contribution < 1.29 is 19.0 Å². The summed E-state index contributed by atoms with van der Waals surface area (Å²) in [6.45, 7) is 5.06. The molecule has 2 atom stereocenters. The van der Waals surface area contributed by atoms with Crippen LogP contribution in [0.25, 0.3) is 0 Å². The first kappa shape index (κ1) is 16.3. The Balaban J connectivity index is 2.23. The van der Waals surface area contributed by atoms with Gasteiger partial charge in [-0.05, 0) is 5.56 Å². The number of nitrogens with zero attached hydrogens (tertiary/aromatic N) is 2. The summed E-state index contributed by atoms with van der Waals surface area (Å²) in [6, 6.07) is 5.61. The van der Waals surface area contributed by atoms with Crippen molar-refractivity contribution in [2.75, 3.05) is 7.05 Å². The van der Waals surface area contributed by atoms with Crippen LogP contribution in [0.2, 0.25) is 0 Å². The van der Waals surface area contributed by atoms with Gasteiger partial charge >= 0.3 is 11.8 Å². The Bertz CT molecular complexity index is 639. The minimum absolute atomic E-state index is 0.0131. The van der Waals surface area contributed by atoms with Crippen LogP contribution in [-0.2, 0) is 16.0 Å². The zero-order valence-electron chi connectivity index (χ0n) is 13.1. The molecule has 1 aromatic carbocycles. The first-order valence-electron chi connectivity index (χ1n) is 7.03. The van der Waals surface area contributed by atoms with Crippen molar-refractivity contribution in [3.8, 4) is 0 Å². The molecule has 0 aromatic heterocycles. The van der Waals surface area contributed by atoms with Gasteiger partial charge in [-0.3, -0.25) is 10.1 Å². The van der Waals surface area contributed by atoms with Crippen LogP contribution in [0, 0.1) is 10.1 Å². The zero-order chi connectivity index (χ0) is 16.7. The molecule has 0 radical (unpaired) electrons. The van der Waals surface area contributed by atoms with E-state index in [0.29, 0.717) is 6.42 Å². The Kier molecular flexibility index (Phi) is 3.88. The first-order valence-corrected chi connectivity index (χ1v) is 7.03. The predicted molar refractivity (Wildman–Crippen MR) is 79.7 cm³/mol. The monoisotopic (exact) mass is 306 g/mol. The molecule has 1 fully saturated rings. The van der Waals surface area contributed by atoms with E-state index in [1.54, 1.807) is 19.2 Å². The molecule has 0 spiro atoms. The number of non-ortho nitro benzene ring substituents is 1. The van der Waals surface area contributed by atoms with Gasteiger partial charge in [-0.25, -0.2) is 14.9 Å². The molecule has 2 rings (SSSR count). The van der Waals surface area contributed by atoms with Crippen molar-refractivity contribution in [1.29, 1.82) is 0 Å². The summed E-state index contributed by atoms with van der Waals surface area (Å²) in [7, 11) is 1.62. The Labute approximate surface area is 128 Å². The summed E-state index contributed by atoms with van der Waals surface area (Å²) in [5.74, 6) is -0.399. The van der Waals surface area contributed by atoms with Crippen molar-refractivity contribution in [3.63, 3.8) is 0 Å². The minimum atomic E-state index is -0.686. The van der Waals surface area contributed by atoms with Gasteiger partial charge in [-0.15, -0.1) is 0 Å². The van der Waals surface area contributed by atoms with Crippen LogP contribution in [0.1, 0.15) is 26.3 Å². The molecular formula is C15H20N3O4+. The third-order valence-corrected chi connectivity index (χ3v) is 4.60. The summed E-state index contributed by atoms with van der Waals surface area (Å²) in [6.07, 6.45) is 0.390. The van der Waals surface area contributed by atoms with Gasteiger partial charge in [0.2, 0.25) is 0 Å². The molecule has 1 N–H and O–H groups in total. The van der Waals surface area contributed by atoms with Gasteiger partial charge in [-0.2, -0.15) is 4.48 Å². The molecule has 1 aromatic rings. The third kappa shape index (κ3) is 2.42. The molecule has 1 aliphatic rings. The van der Waals surface area contributed by atoms with Gasteiger partial charge in [0.15, 0.2) is 5.66 Å². The van der Waals surface area contributed by atoms with Crippen LogP contribution in [-0.4, -0.2) is 40.0 Å². The van der Waals surface area contributed by atoms with Crippen molar-refractivity contribution >= 4 is 17.5 Å². The smallest absolute Gasteiger partial charge is 0.258 e. The van der Waals surface area contributed by atoms with E-state index in [0.717, 1.165) is 5.56 Å². The molecule has 0 saturated carbocycles. The highest BCUT2D eigenvalue weighted by molar-refractivity contribution is 5.89. The van der Waals surface area contributed by atoms with Crippen LogP contribution in [0.15, 0.2) is 24.3 Å². The summed E-state index contributed by atoms with van der Waals surface area (Å²) in [5.41, 5.74) is 0.136. The number of carbonyl (C=O) groups is 2. The van der Waals surface area contributed by atoms with E-state index < -0.39 is 16.6 Å². The lowest BCUT2D eigenvalue weighted by Gasteiger charge is -2.34. The fourth-order valence-electron chi connectivity index (χ4n) is 2.88. The Morgan fingerprint density at radius 1 is 1.36 bits per heavy atom. The van der Waals surface area contributed by atoms with Crippen LogP contribution < -0.4 is 5.32 Å². The second-order valence-electron chi connectivity index (χ2n) is 6.25. The third-order valence-electron chi connectivity index (χ3n) is 4.60. The Morgan fingerprint density at radius 2 is 1.91 bits per heavy atom. The van der Waals surface area contributed by atoms with Crippen LogP contribution in [0.5, 0.6) is 0 Å². The Hall–Kier alpha value is -2.12. The number of imide groups is 1. The molecule has 22 heavy (non-hydrogen) atoms. The molecule has 0 bridgehead atoms. The fourth-order valence-corrected chi connectivity index (χ4v) is 2.88. The second kappa shape index (κ2) is 5.26. The quantitative estimate of drug-likeness (QED) is 0.517. The molecule has 2 amide bonds.